The van der Waals surface area contributed by atoms with Crippen LogP contribution in [0.25, 0.3) is 10.1 Å². The molecule has 0 aliphatic heterocycles. The number of ether oxygens (including phenoxy) is 1. The van der Waals surface area contributed by atoms with Gasteiger partial charge < -0.3 is 10.1 Å². The Kier molecular flexibility index (Phi) is 4.55. The van der Waals surface area contributed by atoms with Crippen LogP contribution >= 0.6 is 22.9 Å². The molecule has 1 heterocycles. The van der Waals surface area contributed by atoms with Crippen LogP contribution in [-0.4, -0.2) is 12.0 Å². The van der Waals surface area contributed by atoms with Crippen LogP contribution in [0.1, 0.15) is 23.5 Å². The van der Waals surface area contributed by atoms with E-state index in [1.807, 2.05) is 56.3 Å². The lowest BCUT2D eigenvalue weighted by atomic mass is 10.2. The minimum Gasteiger partial charge on any atom is -0.491 e. The number of carbonyl (C=O) groups is 1. The number of carbonyl (C=O) groups excluding carboxylic acids is 1. The summed E-state index contributed by atoms with van der Waals surface area (Å²) in [5.41, 5.74) is 0.682. The fourth-order valence-corrected chi connectivity index (χ4v) is 3.68. The highest BCUT2D eigenvalue weighted by Crippen LogP contribution is 2.35. The molecule has 0 unspecified atom stereocenters. The first-order chi connectivity index (χ1) is 11.0. The fraction of sp³-hybridized carbons (Fsp3) is 0.167. The third-order valence-corrected chi connectivity index (χ3v) is 4.88. The summed E-state index contributed by atoms with van der Waals surface area (Å²) in [6.07, 6.45) is 0.0815. The lowest BCUT2D eigenvalue weighted by molar-refractivity contribution is 0.103. The maximum atomic E-state index is 12.5. The highest BCUT2D eigenvalue weighted by molar-refractivity contribution is 7.21. The van der Waals surface area contributed by atoms with E-state index >= 15 is 0 Å². The van der Waals surface area contributed by atoms with Crippen LogP contribution < -0.4 is 10.1 Å². The largest absolute Gasteiger partial charge is 0.491 e. The van der Waals surface area contributed by atoms with Crippen LogP contribution in [0.4, 0.5) is 5.69 Å². The van der Waals surface area contributed by atoms with E-state index < -0.39 is 0 Å². The van der Waals surface area contributed by atoms with Gasteiger partial charge in [-0.3, -0.25) is 4.79 Å². The second kappa shape index (κ2) is 6.60. The van der Waals surface area contributed by atoms with Gasteiger partial charge in [0, 0.05) is 21.8 Å². The van der Waals surface area contributed by atoms with Gasteiger partial charge in [-0.05, 0) is 32.0 Å². The molecule has 0 radical (unpaired) electrons. The van der Waals surface area contributed by atoms with Crippen molar-refractivity contribution in [2.75, 3.05) is 5.32 Å². The summed E-state index contributed by atoms with van der Waals surface area (Å²) in [5, 5.41) is 4.28. The Morgan fingerprint density at radius 2 is 1.96 bits per heavy atom. The van der Waals surface area contributed by atoms with Gasteiger partial charge in [-0.2, -0.15) is 0 Å². The van der Waals surface area contributed by atoms with Crippen LogP contribution in [0, 0.1) is 0 Å². The maximum absolute atomic E-state index is 12.5. The van der Waals surface area contributed by atoms with Gasteiger partial charge in [0.15, 0.2) is 0 Å². The van der Waals surface area contributed by atoms with Crippen molar-refractivity contribution in [2.24, 2.45) is 0 Å². The van der Waals surface area contributed by atoms with E-state index in [9.17, 15) is 4.79 Å². The standard InChI is InChI=1S/C18H16ClNO2S/c1-11(2)22-13-7-5-6-12(10-13)20-18(21)17-16(19)14-8-3-4-9-15(14)23-17/h3-11H,1-2H3,(H,20,21). The lowest BCUT2D eigenvalue weighted by Gasteiger charge is -2.11. The number of benzene rings is 2. The summed E-state index contributed by atoms with van der Waals surface area (Å²) >= 11 is 7.73. The zero-order valence-electron chi connectivity index (χ0n) is 12.8. The fourth-order valence-electron chi connectivity index (χ4n) is 2.27. The average Bonchev–Trinajstić information content (AvgIpc) is 2.85. The predicted octanol–water partition coefficient (Wildman–Crippen LogP) is 5.59. The summed E-state index contributed by atoms with van der Waals surface area (Å²) in [6.45, 7) is 3.92. The Morgan fingerprint density at radius 1 is 1.17 bits per heavy atom. The van der Waals surface area contributed by atoms with Crippen molar-refractivity contribution in [3.8, 4) is 5.75 Å². The van der Waals surface area contributed by atoms with Crippen molar-refractivity contribution in [2.45, 2.75) is 20.0 Å². The van der Waals surface area contributed by atoms with Crippen molar-refractivity contribution in [3.63, 3.8) is 0 Å². The molecule has 0 spiro atoms. The summed E-state index contributed by atoms with van der Waals surface area (Å²) < 4.78 is 6.64. The highest BCUT2D eigenvalue weighted by atomic mass is 35.5. The molecule has 3 rings (SSSR count). The van der Waals surface area contributed by atoms with Gasteiger partial charge >= 0.3 is 0 Å². The van der Waals surface area contributed by atoms with Crippen molar-refractivity contribution in [3.05, 3.63) is 58.4 Å². The predicted molar refractivity (Wildman–Crippen MR) is 97.0 cm³/mol. The molecule has 0 saturated heterocycles. The molecule has 1 amide bonds. The normalized spacial score (nSPS) is 11.0. The van der Waals surface area contributed by atoms with E-state index in [0.29, 0.717) is 15.6 Å². The van der Waals surface area contributed by atoms with Crippen LogP contribution in [0.2, 0.25) is 5.02 Å². The molecular formula is C18H16ClNO2S. The molecule has 5 heteroatoms. The molecule has 1 aromatic heterocycles. The number of nitrogens with one attached hydrogen (secondary N) is 1. The molecule has 118 valence electrons. The number of rotatable bonds is 4. The second-order valence-corrected chi connectivity index (χ2v) is 6.82. The summed E-state index contributed by atoms with van der Waals surface area (Å²) in [6, 6.07) is 15.1. The number of hydrogen-bond donors (Lipinski definition) is 1. The first-order valence-corrected chi connectivity index (χ1v) is 8.49. The van der Waals surface area contributed by atoms with Gasteiger partial charge in [0.05, 0.1) is 11.1 Å². The second-order valence-electron chi connectivity index (χ2n) is 5.39. The van der Waals surface area contributed by atoms with Gasteiger partial charge in [-0.25, -0.2) is 0 Å². The van der Waals surface area contributed by atoms with E-state index in [1.165, 1.54) is 11.3 Å². The van der Waals surface area contributed by atoms with Crippen molar-refractivity contribution in [1.82, 2.24) is 0 Å². The number of halogens is 1. The molecule has 0 saturated carbocycles. The van der Waals surface area contributed by atoms with Gasteiger partial charge in [0.25, 0.3) is 5.91 Å². The molecule has 2 aromatic carbocycles. The molecule has 0 bridgehead atoms. The summed E-state index contributed by atoms with van der Waals surface area (Å²) in [4.78, 5) is 13.0. The summed E-state index contributed by atoms with van der Waals surface area (Å²) in [5.74, 6) is 0.512. The SMILES string of the molecule is CC(C)Oc1cccc(NC(=O)c2sc3ccccc3c2Cl)c1. The minimum atomic E-state index is -0.210. The molecule has 3 nitrogen and oxygen atoms in total. The summed E-state index contributed by atoms with van der Waals surface area (Å²) in [7, 11) is 0. The third kappa shape index (κ3) is 3.49. The van der Waals surface area contributed by atoms with E-state index in [2.05, 4.69) is 5.32 Å². The Balaban J connectivity index is 1.84. The van der Waals surface area contributed by atoms with Crippen LogP contribution in [0.15, 0.2) is 48.5 Å². The van der Waals surface area contributed by atoms with E-state index in [1.54, 1.807) is 6.07 Å². The molecule has 0 fully saturated rings. The Labute approximate surface area is 143 Å². The van der Waals surface area contributed by atoms with Gasteiger partial charge in [-0.15, -0.1) is 11.3 Å². The Morgan fingerprint density at radius 3 is 2.70 bits per heavy atom. The highest BCUT2D eigenvalue weighted by Gasteiger charge is 2.17. The quantitative estimate of drug-likeness (QED) is 0.669. The van der Waals surface area contributed by atoms with Gasteiger partial charge in [0.2, 0.25) is 0 Å². The van der Waals surface area contributed by atoms with Crippen LogP contribution in [-0.2, 0) is 0 Å². The molecule has 1 N–H and O–H groups in total. The lowest BCUT2D eigenvalue weighted by Crippen LogP contribution is -2.11. The topological polar surface area (TPSA) is 38.3 Å². The van der Waals surface area contributed by atoms with Gasteiger partial charge in [0.1, 0.15) is 10.6 Å². The number of fused-ring (bicyclic) bond motifs is 1. The van der Waals surface area contributed by atoms with Crippen molar-refractivity contribution in [1.29, 1.82) is 0 Å². The monoisotopic (exact) mass is 345 g/mol. The molecule has 0 atom stereocenters. The number of hydrogen-bond acceptors (Lipinski definition) is 3. The molecule has 0 aliphatic carbocycles. The first-order valence-electron chi connectivity index (χ1n) is 7.29. The molecular weight excluding hydrogens is 330 g/mol. The molecule has 0 aliphatic rings. The van der Waals surface area contributed by atoms with E-state index in [-0.39, 0.29) is 12.0 Å². The van der Waals surface area contributed by atoms with Crippen molar-refractivity contribution < 1.29 is 9.53 Å². The van der Waals surface area contributed by atoms with E-state index in [0.717, 1.165) is 15.8 Å². The maximum Gasteiger partial charge on any atom is 0.267 e. The minimum absolute atomic E-state index is 0.0815. The Bertz CT molecular complexity index is 857. The zero-order chi connectivity index (χ0) is 16.4. The zero-order valence-corrected chi connectivity index (χ0v) is 14.4. The molecule has 3 aromatic rings. The van der Waals surface area contributed by atoms with Crippen molar-refractivity contribution >= 4 is 44.6 Å². The van der Waals surface area contributed by atoms with Crippen LogP contribution in [0.5, 0.6) is 5.75 Å². The third-order valence-electron chi connectivity index (χ3n) is 3.20. The smallest absolute Gasteiger partial charge is 0.267 e. The van der Waals surface area contributed by atoms with Gasteiger partial charge in [-0.1, -0.05) is 35.9 Å². The first kappa shape index (κ1) is 15.8. The number of thiophene rings is 1. The number of anilines is 1. The molecule has 23 heavy (non-hydrogen) atoms. The number of amides is 1. The van der Waals surface area contributed by atoms with E-state index in [4.69, 9.17) is 16.3 Å². The average molecular weight is 346 g/mol. The Hall–Kier alpha value is -2.04. The van der Waals surface area contributed by atoms with Crippen LogP contribution in [0.3, 0.4) is 0 Å².